The molecule has 2 aliphatic rings. The van der Waals surface area contributed by atoms with Gasteiger partial charge in [-0.1, -0.05) is 48.1 Å². The first-order chi connectivity index (χ1) is 17.1. The molecule has 2 heterocycles. The lowest BCUT2D eigenvalue weighted by molar-refractivity contribution is 0.0602. The van der Waals surface area contributed by atoms with Crippen molar-refractivity contribution in [2.45, 2.75) is 152 Å². The third kappa shape index (κ3) is 9.47. The van der Waals surface area contributed by atoms with E-state index in [2.05, 4.69) is 111 Å². The highest BCUT2D eigenvalue weighted by Gasteiger charge is 2.45. The standard InChI is InChI=1S/C31H59N5.C2H6/c1-20(24-16-27(5,6)35-28(7,8)17-24)26(34-23(4)32-15)33-22(3)31(13,14)21(2)25-18-29(9,10)36-30(11,12)19-25;1-2/h20-21,24-25,35-36H,3,16-19H2,1-2,4-15H3,(H,32,33,34);1-2H3. The van der Waals surface area contributed by atoms with E-state index in [1.54, 1.807) is 0 Å². The normalized spacial score (nSPS) is 25.6. The molecule has 0 spiro atoms. The Bertz CT molecular complexity index is 827. The molecule has 0 amide bonds. The summed E-state index contributed by atoms with van der Waals surface area (Å²) < 4.78 is 0. The summed E-state index contributed by atoms with van der Waals surface area (Å²) in [5.41, 5.74) is 1.44. The molecule has 0 radical (unpaired) electrons. The van der Waals surface area contributed by atoms with E-state index in [0.29, 0.717) is 17.8 Å². The van der Waals surface area contributed by atoms with Crippen molar-refractivity contribution < 1.29 is 0 Å². The van der Waals surface area contributed by atoms with E-state index in [0.717, 1.165) is 30.2 Å². The summed E-state index contributed by atoms with van der Waals surface area (Å²) in [6.07, 6.45) is 4.58. The maximum Gasteiger partial charge on any atom is 0.121 e. The quantitative estimate of drug-likeness (QED) is 0.240. The number of piperidine rings is 2. The van der Waals surface area contributed by atoms with E-state index < -0.39 is 0 Å². The molecule has 222 valence electrons. The molecular formula is C33H65N5. The lowest BCUT2D eigenvalue weighted by Gasteiger charge is -2.51. The van der Waals surface area contributed by atoms with Gasteiger partial charge in [0.15, 0.2) is 0 Å². The first kappa shape index (κ1) is 34.8. The summed E-state index contributed by atoms with van der Waals surface area (Å²) in [5.74, 6) is 3.71. The number of allylic oxidation sites excluding steroid dienone is 1. The van der Waals surface area contributed by atoms with Crippen molar-refractivity contribution in [3.8, 4) is 0 Å². The Morgan fingerprint density at radius 2 is 1.18 bits per heavy atom. The lowest BCUT2D eigenvalue weighted by Crippen LogP contribution is -2.59. The molecule has 0 bridgehead atoms. The summed E-state index contributed by atoms with van der Waals surface area (Å²) in [4.78, 5) is 9.36. The molecule has 0 aromatic rings. The summed E-state index contributed by atoms with van der Waals surface area (Å²) >= 11 is 0. The molecule has 0 aromatic heterocycles. The van der Waals surface area contributed by atoms with Crippen LogP contribution in [0.2, 0.25) is 0 Å². The van der Waals surface area contributed by atoms with Gasteiger partial charge in [-0.05, 0) is 106 Å². The van der Waals surface area contributed by atoms with Gasteiger partial charge >= 0.3 is 0 Å². The van der Waals surface area contributed by atoms with Crippen molar-refractivity contribution in [3.63, 3.8) is 0 Å². The topological polar surface area (TPSA) is 60.8 Å². The molecule has 38 heavy (non-hydrogen) atoms. The maximum atomic E-state index is 5.00. The minimum absolute atomic E-state index is 0.0847. The van der Waals surface area contributed by atoms with Gasteiger partial charge in [0, 0.05) is 46.2 Å². The second-order valence-corrected chi connectivity index (χ2v) is 15.3. The monoisotopic (exact) mass is 532 g/mol. The number of nitrogens with zero attached hydrogens (tertiary/aromatic N) is 2. The number of hydrogen-bond acceptors (Lipinski definition) is 3. The maximum absolute atomic E-state index is 5.00. The van der Waals surface area contributed by atoms with Crippen LogP contribution in [0.3, 0.4) is 0 Å². The molecular weight excluding hydrogens is 466 g/mol. The van der Waals surface area contributed by atoms with E-state index in [-0.39, 0.29) is 33.5 Å². The van der Waals surface area contributed by atoms with Crippen LogP contribution in [0.15, 0.2) is 22.3 Å². The van der Waals surface area contributed by atoms with Crippen molar-refractivity contribution in [1.82, 2.24) is 16.0 Å². The van der Waals surface area contributed by atoms with Crippen LogP contribution in [0.25, 0.3) is 0 Å². The summed E-state index contributed by atoms with van der Waals surface area (Å²) in [7, 11) is 1.82. The number of rotatable bonds is 6. The fourth-order valence-corrected chi connectivity index (χ4v) is 7.38. The van der Waals surface area contributed by atoms with Crippen molar-refractivity contribution in [2.75, 3.05) is 7.05 Å². The summed E-state index contributed by atoms with van der Waals surface area (Å²) in [6, 6.07) is 0. The Morgan fingerprint density at radius 3 is 1.55 bits per heavy atom. The van der Waals surface area contributed by atoms with Gasteiger partial charge in [0.2, 0.25) is 0 Å². The second kappa shape index (κ2) is 12.5. The zero-order valence-electron chi connectivity index (χ0n) is 28.2. The van der Waals surface area contributed by atoms with Crippen LogP contribution in [0.5, 0.6) is 0 Å². The second-order valence-electron chi connectivity index (χ2n) is 15.3. The number of amidine groups is 2. The molecule has 2 fully saturated rings. The van der Waals surface area contributed by atoms with E-state index >= 15 is 0 Å². The van der Waals surface area contributed by atoms with Crippen molar-refractivity contribution >= 4 is 11.7 Å². The van der Waals surface area contributed by atoms with Gasteiger partial charge in [0.1, 0.15) is 11.7 Å². The first-order valence-corrected chi connectivity index (χ1v) is 15.2. The van der Waals surface area contributed by atoms with Gasteiger partial charge in [0.05, 0.1) is 0 Å². The molecule has 2 rings (SSSR count). The Hall–Kier alpha value is -1.20. The van der Waals surface area contributed by atoms with Crippen LogP contribution in [-0.2, 0) is 0 Å². The van der Waals surface area contributed by atoms with Gasteiger partial charge in [-0.3, -0.25) is 4.99 Å². The van der Waals surface area contributed by atoms with Crippen LogP contribution in [0.1, 0.15) is 130 Å². The lowest BCUT2D eigenvalue weighted by atomic mass is 9.63. The Balaban J connectivity index is 0.00000352. The van der Waals surface area contributed by atoms with E-state index in [1.807, 2.05) is 27.8 Å². The molecule has 5 heteroatoms. The van der Waals surface area contributed by atoms with Gasteiger partial charge < -0.3 is 16.0 Å². The van der Waals surface area contributed by atoms with Crippen LogP contribution < -0.4 is 16.0 Å². The van der Waals surface area contributed by atoms with Crippen LogP contribution in [0, 0.1) is 29.1 Å². The highest BCUT2D eigenvalue weighted by atomic mass is 15.1. The number of nitrogens with one attached hydrogen (secondary N) is 3. The van der Waals surface area contributed by atoms with Gasteiger partial charge in [-0.2, -0.15) is 0 Å². The fourth-order valence-electron chi connectivity index (χ4n) is 7.38. The van der Waals surface area contributed by atoms with Crippen LogP contribution in [-0.4, -0.2) is 40.9 Å². The fraction of sp³-hybridized carbons (Fsp3) is 0.879. The average molecular weight is 532 g/mol. The Kier molecular flexibility index (Phi) is 11.5. The molecule has 2 unspecified atom stereocenters. The van der Waals surface area contributed by atoms with E-state index in [4.69, 9.17) is 4.99 Å². The number of hydrogen-bond donors (Lipinski definition) is 3. The largest absolute Gasteiger partial charge is 0.347 e. The Labute approximate surface area is 237 Å². The molecule has 5 nitrogen and oxygen atoms in total. The number of aliphatic imine (C=N–C) groups is 2. The predicted octanol–water partition coefficient (Wildman–Crippen LogP) is 7.97. The Morgan fingerprint density at radius 1 is 0.816 bits per heavy atom. The zero-order chi connectivity index (χ0) is 29.9. The molecule has 2 atom stereocenters. The third-order valence-electron chi connectivity index (χ3n) is 9.09. The SMILES string of the molecule is C=C(NC(=NC(C)=NC)C(C)C1CC(C)(C)NC(C)(C)C1)C(C)(C)C(C)C1CC(C)(C)NC(C)(C)C1.CC. The minimum atomic E-state index is -0.0847. The molecule has 0 saturated carbocycles. The van der Waals surface area contributed by atoms with Crippen molar-refractivity contribution in [1.29, 1.82) is 0 Å². The molecule has 2 aliphatic heterocycles. The average Bonchev–Trinajstić information content (AvgIpc) is 2.74. The van der Waals surface area contributed by atoms with E-state index in [9.17, 15) is 0 Å². The minimum Gasteiger partial charge on any atom is -0.347 e. The van der Waals surface area contributed by atoms with Crippen LogP contribution in [0.4, 0.5) is 0 Å². The smallest absolute Gasteiger partial charge is 0.121 e. The third-order valence-corrected chi connectivity index (χ3v) is 9.09. The molecule has 0 aromatic carbocycles. The van der Waals surface area contributed by atoms with E-state index in [1.165, 1.54) is 12.8 Å². The predicted molar refractivity (Wildman–Crippen MR) is 170 cm³/mol. The van der Waals surface area contributed by atoms with Crippen molar-refractivity contribution in [2.24, 2.45) is 39.1 Å². The van der Waals surface area contributed by atoms with Gasteiger partial charge in [-0.15, -0.1) is 0 Å². The van der Waals surface area contributed by atoms with Gasteiger partial charge in [0.25, 0.3) is 0 Å². The van der Waals surface area contributed by atoms with Crippen molar-refractivity contribution in [3.05, 3.63) is 12.3 Å². The van der Waals surface area contributed by atoms with Gasteiger partial charge in [-0.25, -0.2) is 4.99 Å². The summed E-state index contributed by atoms with van der Waals surface area (Å²) in [6.45, 7) is 38.7. The highest BCUT2D eigenvalue weighted by Crippen LogP contribution is 2.46. The highest BCUT2D eigenvalue weighted by molar-refractivity contribution is 5.97. The summed E-state index contributed by atoms with van der Waals surface area (Å²) in [5, 5.41) is 11.5. The molecule has 2 saturated heterocycles. The zero-order valence-corrected chi connectivity index (χ0v) is 28.2. The molecule has 3 N–H and O–H groups in total. The molecule has 0 aliphatic carbocycles. The van der Waals surface area contributed by atoms with Crippen LogP contribution >= 0.6 is 0 Å². The first-order valence-electron chi connectivity index (χ1n) is 15.2.